The lowest BCUT2D eigenvalue weighted by Crippen LogP contribution is -2.11. The van der Waals surface area contributed by atoms with Crippen molar-refractivity contribution in [3.05, 3.63) is 72.1 Å². The number of anilines is 1. The van der Waals surface area contributed by atoms with E-state index in [1.165, 1.54) is 10.9 Å². The normalized spacial score (nSPS) is 10.5. The maximum atomic E-state index is 11.2. The van der Waals surface area contributed by atoms with Crippen molar-refractivity contribution in [3.8, 4) is 0 Å². The van der Waals surface area contributed by atoms with E-state index in [4.69, 9.17) is 5.73 Å². The van der Waals surface area contributed by atoms with E-state index in [9.17, 15) is 4.79 Å². The van der Waals surface area contributed by atoms with Crippen LogP contribution in [0.4, 0.5) is 5.69 Å². The van der Waals surface area contributed by atoms with Crippen LogP contribution in [-0.2, 0) is 6.54 Å². The second kappa shape index (κ2) is 5.63. The van der Waals surface area contributed by atoms with E-state index in [2.05, 4.69) is 16.4 Å². The first kappa shape index (κ1) is 13.1. The Morgan fingerprint density at radius 3 is 2.86 bits per heavy atom. The van der Waals surface area contributed by atoms with Crippen molar-refractivity contribution in [3.63, 3.8) is 0 Å². The number of carbonyl (C=O) groups excluding carboxylic acids is 1. The number of primary amides is 1. The van der Waals surface area contributed by atoms with E-state index in [1.807, 2.05) is 36.5 Å². The molecular formula is C17H15N3O. The molecule has 4 nitrogen and oxygen atoms in total. The van der Waals surface area contributed by atoms with Crippen molar-refractivity contribution >= 4 is 22.4 Å². The Kier molecular flexibility index (Phi) is 3.51. The number of nitrogens with one attached hydrogen (secondary N) is 1. The van der Waals surface area contributed by atoms with Gasteiger partial charge in [0, 0.05) is 35.6 Å². The van der Waals surface area contributed by atoms with Crippen LogP contribution in [0.3, 0.4) is 0 Å². The van der Waals surface area contributed by atoms with Gasteiger partial charge in [0.15, 0.2) is 0 Å². The quantitative estimate of drug-likeness (QED) is 0.770. The van der Waals surface area contributed by atoms with Crippen molar-refractivity contribution in [1.82, 2.24) is 4.98 Å². The fourth-order valence-corrected chi connectivity index (χ4v) is 2.32. The molecule has 0 radical (unpaired) electrons. The minimum Gasteiger partial charge on any atom is -0.381 e. The lowest BCUT2D eigenvalue weighted by Gasteiger charge is -2.10. The number of nitrogens with zero attached hydrogens (tertiary/aromatic N) is 1. The summed E-state index contributed by atoms with van der Waals surface area (Å²) < 4.78 is 0. The smallest absolute Gasteiger partial charge is 0.248 e. The second-order valence-electron chi connectivity index (χ2n) is 4.81. The molecular weight excluding hydrogens is 262 g/mol. The zero-order valence-electron chi connectivity index (χ0n) is 11.4. The van der Waals surface area contributed by atoms with E-state index in [-0.39, 0.29) is 0 Å². The minimum atomic E-state index is -0.421. The first-order valence-electron chi connectivity index (χ1n) is 6.69. The zero-order chi connectivity index (χ0) is 14.7. The molecule has 0 saturated carbocycles. The highest BCUT2D eigenvalue weighted by Crippen LogP contribution is 2.19. The average molecular weight is 277 g/mol. The van der Waals surface area contributed by atoms with Crippen molar-refractivity contribution in [1.29, 1.82) is 0 Å². The third kappa shape index (κ3) is 2.84. The van der Waals surface area contributed by atoms with Gasteiger partial charge in [-0.1, -0.05) is 24.3 Å². The summed E-state index contributed by atoms with van der Waals surface area (Å²) in [6.07, 6.45) is 3.64. The van der Waals surface area contributed by atoms with Gasteiger partial charge in [0.05, 0.1) is 0 Å². The molecule has 3 N–H and O–H groups in total. The summed E-state index contributed by atoms with van der Waals surface area (Å²) in [6, 6.07) is 15.3. The number of hydrogen-bond acceptors (Lipinski definition) is 3. The first-order valence-corrected chi connectivity index (χ1v) is 6.69. The molecule has 4 heteroatoms. The van der Waals surface area contributed by atoms with Crippen LogP contribution in [0, 0.1) is 0 Å². The third-order valence-electron chi connectivity index (χ3n) is 3.40. The number of nitrogens with two attached hydrogens (primary N) is 1. The van der Waals surface area contributed by atoms with Crippen molar-refractivity contribution < 1.29 is 4.79 Å². The number of benzene rings is 2. The molecule has 1 amide bonds. The van der Waals surface area contributed by atoms with Crippen LogP contribution >= 0.6 is 0 Å². The molecule has 1 aromatic heterocycles. The Morgan fingerprint density at radius 1 is 1.14 bits per heavy atom. The monoisotopic (exact) mass is 277 g/mol. The molecule has 0 fully saturated rings. The molecule has 3 aromatic rings. The number of fused-ring (bicyclic) bond motifs is 1. The molecule has 0 atom stereocenters. The molecule has 104 valence electrons. The standard InChI is InChI=1S/C17H15N3O/c18-17(21)12-3-2-6-15(9-12)20-11-14-5-1-4-13-10-19-8-7-16(13)14/h1-10,20H,11H2,(H2,18,21). The number of carbonyl (C=O) groups is 1. The van der Waals surface area contributed by atoms with Crippen molar-refractivity contribution in [2.75, 3.05) is 5.32 Å². The van der Waals surface area contributed by atoms with Gasteiger partial charge < -0.3 is 11.1 Å². The summed E-state index contributed by atoms with van der Waals surface area (Å²) in [5.41, 5.74) is 7.85. The molecule has 2 aromatic carbocycles. The Hall–Kier alpha value is -2.88. The van der Waals surface area contributed by atoms with Gasteiger partial charge >= 0.3 is 0 Å². The van der Waals surface area contributed by atoms with E-state index in [0.717, 1.165) is 11.1 Å². The fraction of sp³-hybridized carbons (Fsp3) is 0.0588. The predicted molar refractivity (Wildman–Crippen MR) is 84.0 cm³/mol. The Bertz CT molecular complexity index is 793. The van der Waals surface area contributed by atoms with Crippen LogP contribution in [-0.4, -0.2) is 10.9 Å². The van der Waals surface area contributed by atoms with Gasteiger partial charge in [-0.25, -0.2) is 0 Å². The molecule has 0 bridgehead atoms. The Morgan fingerprint density at radius 2 is 2.00 bits per heavy atom. The van der Waals surface area contributed by atoms with Crippen LogP contribution < -0.4 is 11.1 Å². The summed E-state index contributed by atoms with van der Waals surface area (Å²) in [5, 5.41) is 5.61. The number of pyridine rings is 1. The topological polar surface area (TPSA) is 68.0 Å². The molecule has 1 heterocycles. The van der Waals surface area contributed by atoms with Crippen LogP contribution in [0.15, 0.2) is 60.9 Å². The Labute approximate surface area is 122 Å². The summed E-state index contributed by atoms with van der Waals surface area (Å²) >= 11 is 0. The third-order valence-corrected chi connectivity index (χ3v) is 3.40. The lowest BCUT2D eigenvalue weighted by atomic mass is 10.1. The highest BCUT2D eigenvalue weighted by molar-refractivity contribution is 5.93. The van der Waals surface area contributed by atoms with Crippen LogP contribution in [0.2, 0.25) is 0 Å². The summed E-state index contributed by atoms with van der Waals surface area (Å²) in [7, 11) is 0. The van der Waals surface area contributed by atoms with Crippen LogP contribution in [0.25, 0.3) is 10.8 Å². The van der Waals surface area contributed by atoms with Gasteiger partial charge in [0.1, 0.15) is 0 Å². The molecule has 0 aliphatic carbocycles. The van der Waals surface area contributed by atoms with E-state index in [0.29, 0.717) is 12.1 Å². The number of aromatic nitrogens is 1. The average Bonchev–Trinajstić information content (AvgIpc) is 2.53. The lowest BCUT2D eigenvalue weighted by molar-refractivity contribution is 0.100. The van der Waals surface area contributed by atoms with Gasteiger partial charge in [-0.2, -0.15) is 0 Å². The first-order chi connectivity index (χ1) is 10.2. The van der Waals surface area contributed by atoms with Crippen molar-refractivity contribution in [2.24, 2.45) is 5.73 Å². The number of amides is 1. The molecule has 0 aliphatic rings. The van der Waals surface area contributed by atoms with Gasteiger partial charge in [0.2, 0.25) is 5.91 Å². The maximum Gasteiger partial charge on any atom is 0.248 e. The largest absolute Gasteiger partial charge is 0.381 e. The highest BCUT2D eigenvalue weighted by Gasteiger charge is 2.03. The molecule has 0 saturated heterocycles. The summed E-state index contributed by atoms with van der Waals surface area (Å²) in [5.74, 6) is -0.421. The number of hydrogen-bond donors (Lipinski definition) is 2. The van der Waals surface area contributed by atoms with Gasteiger partial charge in [-0.15, -0.1) is 0 Å². The van der Waals surface area contributed by atoms with Crippen molar-refractivity contribution in [2.45, 2.75) is 6.54 Å². The fourth-order valence-electron chi connectivity index (χ4n) is 2.32. The van der Waals surface area contributed by atoms with Crippen LogP contribution in [0.1, 0.15) is 15.9 Å². The SMILES string of the molecule is NC(=O)c1cccc(NCc2cccc3cnccc23)c1. The van der Waals surface area contributed by atoms with E-state index < -0.39 is 5.91 Å². The molecule has 0 spiro atoms. The van der Waals surface area contributed by atoms with Gasteiger partial charge in [-0.3, -0.25) is 9.78 Å². The molecule has 0 unspecified atom stereocenters. The van der Waals surface area contributed by atoms with E-state index >= 15 is 0 Å². The van der Waals surface area contributed by atoms with E-state index in [1.54, 1.807) is 18.3 Å². The van der Waals surface area contributed by atoms with Gasteiger partial charge in [0.25, 0.3) is 0 Å². The Balaban J connectivity index is 1.84. The maximum absolute atomic E-state index is 11.2. The molecule has 0 aliphatic heterocycles. The summed E-state index contributed by atoms with van der Waals surface area (Å²) in [4.78, 5) is 15.3. The minimum absolute atomic E-state index is 0.421. The number of rotatable bonds is 4. The summed E-state index contributed by atoms with van der Waals surface area (Å²) in [6.45, 7) is 0.670. The highest BCUT2D eigenvalue weighted by atomic mass is 16.1. The van der Waals surface area contributed by atoms with Crippen LogP contribution in [0.5, 0.6) is 0 Å². The second-order valence-corrected chi connectivity index (χ2v) is 4.81. The van der Waals surface area contributed by atoms with Gasteiger partial charge in [-0.05, 0) is 35.2 Å². The molecule has 21 heavy (non-hydrogen) atoms. The molecule has 3 rings (SSSR count). The zero-order valence-corrected chi connectivity index (χ0v) is 11.4. The predicted octanol–water partition coefficient (Wildman–Crippen LogP) is 2.95.